The summed E-state index contributed by atoms with van der Waals surface area (Å²) < 4.78 is 35.4. The molecule has 0 radical (unpaired) electrons. The van der Waals surface area contributed by atoms with Gasteiger partial charge in [0.05, 0.1) is 7.11 Å². The van der Waals surface area contributed by atoms with Crippen molar-refractivity contribution in [1.29, 1.82) is 0 Å². The van der Waals surface area contributed by atoms with Gasteiger partial charge < -0.3 is 4.74 Å². The largest absolute Gasteiger partial charge is 0.496 e. The minimum Gasteiger partial charge on any atom is -0.496 e. The van der Waals surface area contributed by atoms with Crippen molar-refractivity contribution in [3.05, 3.63) is 52.4 Å². The molecule has 0 aromatic heterocycles. The molecule has 1 aromatic carbocycles. The van der Waals surface area contributed by atoms with Gasteiger partial charge in [-0.3, -0.25) is 0 Å². The number of rotatable bonds is 8. The lowest BCUT2D eigenvalue weighted by Gasteiger charge is -2.29. The van der Waals surface area contributed by atoms with Crippen molar-refractivity contribution < 1.29 is 13.5 Å². The number of hydrogen-bond acceptors (Lipinski definition) is 1. The fraction of sp³-hybridized carbons (Fsp3) is 0.545. The van der Waals surface area contributed by atoms with Gasteiger partial charge in [0.1, 0.15) is 11.6 Å². The quantitative estimate of drug-likeness (QED) is 0.469. The molecule has 0 amide bonds. The van der Waals surface area contributed by atoms with Crippen LogP contribution in [-0.4, -0.2) is 7.11 Å². The molecule has 1 aromatic rings. The molecule has 1 aliphatic rings. The molecule has 2 rings (SSSR count). The highest BCUT2D eigenvalue weighted by Gasteiger charge is 2.36. The van der Waals surface area contributed by atoms with Gasteiger partial charge in [-0.15, -0.1) is 0 Å². The summed E-state index contributed by atoms with van der Waals surface area (Å²) in [6.07, 6.45) is 9.93. The Morgan fingerprint density at radius 3 is 2.48 bits per heavy atom. The summed E-state index contributed by atoms with van der Waals surface area (Å²) in [7, 11) is 1.54. The summed E-state index contributed by atoms with van der Waals surface area (Å²) in [5.41, 5.74) is 1.41. The normalized spacial score (nSPS) is 20.2. The van der Waals surface area contributed by atoms with Gasteiger partial charge in [-0.25, -0.2) is 8.78 Å². The number of hydrogen-bond donors (Lipinski definition) is 0. The zero-order chi connectivity index (χ0) is 18.4. The zero-order valence-corrected chi connectivity index (χ0v) is 15.9. The first-order valence-electron chi connectivity index (χ1n) is 9.32. The molecule has 0 saturated heterocycles. The number of ether oxygens (including phenoxy) is 1. The number of allylic oxidation sites excluding steroid dienone is 4. The van der Waals surface area contributed by atoms with E-state index in [0.29, 0.717) is 17.7 Å². The van der Waals surface area contributed by atoms with Gasteiger partial charge in [0.25, 0.3) is 0 Å². The number of halogens is 2. The van der Waals surface area contributed by atoms with Crippen LogP contribution in [0.2, 0.25) is 0 Å². The van der Waals surface area contributed by atoms with Gasteiger partial charge in [-0.1, -0.05) is 49.8 Å². The maximum Gasteiger partial charge on any atom is 0.161 e. The molecule has 0 aliphatic heterocycles. The van der Waals surface area contributed by atoms with Crippen molar-refractivity contribution in [3.8, 4) is 5.75 Å². The summed E-state index contributed by atoms with van der Waals surface area (Å²) in [5.74, 6) is 0.102. The number of alkyl halides is 1. The zero-order valence-electron chi connectivity index (χ0n) is 15.9. The van der Waals surface area contributed by atoms with Crippen molar-refractivity contribution in [1.82, 2.24) is 0 Å². The Morgan fingerprint density at radius 2 is 1.84 bits per heavy atom. The predicted octanol–water partition coefficient (Wildman–Crippen LogP) is 6.81. The highest BCUT2D eigenvalue weighted by Crippen LogP contribution is 2.44. The monoisotopic (exact) mass is 348 g/mol. The van der Waals surface area contributed by atoms with Crippen molar-refractivity contribution in [2.45, 2.75) is 71.4 Å². The van der Waals surface area contributed by atoms with Crippen LogP contribution in [-0.2, 0) is 12.1 Å². The molecule has 0 bridgehead atoms. The molecule has 0 saturated carbocycles. The lowest BCUT2D eigenvalue weighted by Crippen LogP contribution is -2.22. The van der Waals surface area contributed by atoms with Gasteiger partial charge in [0.15, 0.2) is 5.67 Å². The van der Waals surface area contributed by atoms with Gasteiger partial charge in [-0.05, 0) is 50.5 Å². The Labute approximate surface area is 150 Å². The van der Waals surface area contributed by atoms with Crippen LogP contribution in [0, 0.1) is 5.82 Å². The highest BCUT2D eigenvalue weighted by atomic mass is 19.1. The first kappa shape index (κ1) is 19.7. The van der Waals surface area contributed by atoms with Crippen LogP contribution in [0.5, 0.6) is 5.75 Å². The van der Waals surface area contributed by atoms with E-state index < -0.39 is 11.5 Å². The second-order valence-corrected chi connectivity index (χ2v) is 7.15. The van der Waals surface area contributed by atoms with E-state index in [9.17, 15) is 4.39 Å². The smallest absolute Gasteiger partial charge is 0.161 e. The Hall–Kier alpha value is -1.64. The maximum atomic E-state index is 15.7. The van der Waals surface area contributed by atoms with Gasteiger partial charge in [0, 0.05) is 12.0 Å². The summed E-state index contributed by atoms with van der Waals surface area (Å²) in [6, 6.07) is 2.78. The Kier molecular flexibility index (Phi) is 6.80. The molecule has 0 spiro atoms. The van der Waals surface area contributed by atoms with E-state index in [1.807, 2.05) is 13.8 Å². The molecule has 3 heteroatoms. The van der Waals surface area contributed by atoms with Crippen molar-refractivity contribution in [2.75, 3.05) is 7.11 Å². The Bertz CT molecular complexity index is 660. The van der Waals surface area contributed by atoms with Crippen LogP contribution < -0.4 is 4.74 Å². The van der Waals surface area contributed by atoms with Crippen LogP contribution in [0.4, 0.5) is 8.78 Å². The topological polar surface area (TPSA) is 9.23 Å². The molecule has 1 unspecified atom stereocenters. The minimum atomic E-state index is -1.71. The van der Waals surface area contributed by atoms with Crippen molar-refractivity contribution in [2.24, 2.45) is 0 Å². The first-order chi connectivity index (χ1) is 11.9. The van der Waals surface area contributed by atoms with Crippen molar-refractivity contribution in [3.63, 3.8) is 0 Å². The van der Waals surface area contributed by atoms with Gasteiger partial charge >= 0.3 is 0 Å². The van der Waals surface area contributed by atoms with E-state index in [2.05, 4.69) is 6.92 Å². The van der Waals surface area contributed by atoms with Gasteiger partial charge in [-0.2, -0.15) is 0 Å². The second kappa shape index (κ2) is 8.64. The SMILES string of the molecule is CCCCCCCc1cc(F)cc(C2(F)C=CC(C)=C(C)C2)c1OC. The number of benzene rings is 1. The molecule has 0 fully saturated rings. The molecule has 1 nitrogen and oxygen atoms in total. The summed E-state index contributed by atoms with van der Waals surface area (Å²) in [6.45, 7) is 6.07. The van der Waals surface area contributed by atoms with Crippen LogP contribution in [0.1, 0.15) is 70.4 Å². The number of methoxy groups -OCH3 is 1. The van der Waals surface area contributed by atoms with Crippen LogP contribution in [0.3, 0.4) is 0 Å². The highest BCUT2D eigenvalue weighted by molar-refractivity contribution is 5.50. The molecule has 1 aliphatic carbocycles. The standard InChI is InChI=1S/C22H30F2O/c1-5-6-7-8-9-10-18-13-19(23)14-20(21(18)25-4)22(24)12-11-16(2)17(3)15-22/h11-14H,5-10,15H2,1-4H3. The van der Waals surface area contributed by atoms with E-state index in [1.54, 1.807) is 13.2 Å². The average molecular weight is 348 g/mol. The third-order valence-corrected chi connectivity index (χ3v) is 5.13. The summed E-state index contributed by atoms with van der Waals surface area (Å²) in [4.78, 5) is 0. The molecular formula is C22H30F2O. The summed E-state index contributed by atoms with van der Waals surface area (Å²) in [5, 5.41) is 0. The number of unbranched alkanes of at least 4 members (excludes halogenated alkanes) is 4. The van der Waals surface area contributed by atoms with Crippen molar-refractivity contribution >= 4 is 0 Å². The Balaban J connectivity index is 2.28. The maximum absolute atomic E-state index is 15.7. The van der Waals surface area contributed by atoms with E-state index in [0.717, 1.165) is 29.6 Å². The van der Waals surface area contributed by atoms with Gasteiger partial charge in [0.2, 0.25) is 0 Å². The lowest BCUT2D eigenvalue weighted by molar-refractivity contribution is 0.220. The van der Waals surface area contributed by atoms with E-state index in [4.69, 9.17) is 4.74 Å². The Morgan fingerprint density at radius 1 is 1.12 bits per heavy atom. The first-order valence-corrected chi connectivity index (χ1v) is 9.32. The third kappa shape index (κ3) is 4.71. The fourth-order valence-electron chi connectivity index (χ4n) is 3.47. The lowest BCUT2D eigenvalue weighted by atomic mass is 9.82. The molecule has 0 heterocycles. The van der Waals surface area contributed by atoms with Crippen LogP contribution >= 0.6 is 0 Å². The van der Waals surface area contributed by atoms with Crippen LogP contribution in [0.15, 0.2) is 35.4 Å². The molecule has 25 heavy (non-hydrogen) atoms. The van der Waals surface area contributed by atoms with E-state index >= 15 is 4.39 Å². The van der Waals surface area contributed by atoms with E-state index in [1.165, 1.54) is 37.5 Å². The fourth-order valence-corrected chi connectivity index (χ4v) is 3.47. The molecule has 0 N–H and O–H groups in total. The number of aryl methyl sites for hydroxylation is 1. The second-order valence-electron chi connectivity index (χ2n) is 7.15. The average Bonchev–Trinajstić information content (AvgIpc) is 2.58. The van der Waals surface area contributed by atoms with Crippen LogP contribution in [0.25, 0.3) is 0 Å². The molecular weight excluding hydrogens is 318 g/mol. The van der Waals surface area contributed by atoms with E-state index in [-0.39, 0.29) is 6.42 Å². The summed E-state index contributed by atoms with van der Waals surface area (Å²) >= 11 is 0. The molecule has 1 atom stereocenters. The third-order valence-electron chi connectivity index (χ3n) is 5.13. The minimum absolute atomic E-state index is 0.241. The molecule has 138 valence electrons. The predicted molar refractivity (Wildman–Crippen MR) is 100 cm³/mol.